The van der Waals surface area contributed by atoms with Gasteiger partial charge in [-0.15, -0.1) is 0 Å². The van der Waals surface area contributed by atoms with Crippen molar-refractivity contribution in [2.24, 2.45) is 0 Å². The molecule has 1 amide bonds. The lowest BCUT2D eigenvalue weighted by Gasteiger charge is -2.21. The lowest BCUT2D eigenvalue weighted by Crippen LogP contribution is -2.44. The first-order chi connectivity index (χ1) is 4.00. The van der Waals surface area contributed by atoms with Gasteiger partial charge in [-0.25, -0.2) is 8.78 Å². The highest BCUT2D eigenvalue weighted by atomic mass is 19.3. The average Bonchev–Trinajstić information content (AvgIpc) is 1.65. The van der Waals surface area contributed by atoms with Crippen LogP contribution in [0.15, 0.2) is 0 Å². The Morgan fingerprint density at radius 1 is 1.56 bits per heavy atom. The molecule has 54 valence electrons. The van der Waals surface area contributed by atoms with Crippen LogP contribution in [0, 0.1) is 0 Å². The molecule has 0 heterocycles. The Morgan fingerprint density at radius 3 is 2.11 bits per heavy atom. The van der Waals surface area contributed by atoms with Gasteiger partial charge in [0.15, 0.2) is 0 Å². The zero-order valence-corrected chi connectivity index (χ0v) is 5.32. The van der Waals surface area contributed by atoms with Gasteiger partial charge < -0.3 is 5.32 Å². The summed E-state index contributed by atoms with van der Waals surface area (Å²) in [4.78, 5) is 9.68. The molecule has 0 fully saturated rings. The van der Waals surface area contributed by atoms with Crippen LogP contribution in [0.25, 0.3) is 0 Å². The Hall–Kier alpha value is -0.670. The minimum Gasteiger partial charge on any atom is -0.348 e. The predicted molar refractivity (Wildman–Crippen MR) is 29.3 cm³/mol. The summed E-state index contributed by atoms with van der Waals surface area (Å²) in [6.07, 6.45) is -2.26. The minimum atomic E-state index is -2.53. The van der Waals surface area contributed by atoms with Crippen LogP contribution in [-0.2, 0) is 4.79 Å². The topological polar surface area (TPSA) is 29.1 Å². The molecule has 0 aromatic heterocycles. The maximum Gasteiger partial charge on any atom is 0.260 e. The Balaban J connectivity index is 3.84. The SMILES string of the molecule is CC(C)(NC=O)C(F)F. The summed E-state index contributed by atoms with van der Waals surface area (Å²) in [5.74, 6) is 0. The van der Waals surface area contributed by atoms with E-state index in [1.807, 2.05) is 5.32 Å². The molecule has 1 N–H and O–H groups in total. The second-order valence-electron chi connectivity index (χ2n) is 2.28. The van der Waals surface area contributed by atoms with Crippen LogP contribution >= 0.6 is 0 Å². The fourth-order valence-corrected chi connectivity index (χ4v) is 0.215. The van der Waals surface area contributed by atoms with Crippen molar-refractivity contribution < 1.29 is 13.6 Å². The summed E-state index contributed by atoms with van der Waals surface area (Å²) in [7, 11) is 0. The highest BCUT2D eigenvalue weighted by Gasteiger charge is 2.27. The average molecular weight is 137 g/mol. The van der Waals surface area contributed by atoms with Gasteiger partial charge in [0, 0.05) is 0 Å². The second kappa shape index (κ2) is 2.75. The lowest BCUT2D eigenvalue weighted by atomic mass is 10.1. The van der Waals surface area contributed by atoms with E-state index >= 15 is 0 Å². The van der Waals surface area contributed by atoms with Gasteiger partial charge in [0.25, 0.3) is 6.43 Å². The van der Waals surface area contributed by atoms with Gasteiger partial charge in [0.2, 0.25) is 6.41 Å². The van der Waals surface area contributed by atoms with Crippen LogP contribution in [0.1, 0.15) is 13.8 Å². The summed E-state index contributed by atoms with van der Waals surface area (Å²) in [6, 6.07) is 0. The number of halogens is 2. The largest absolute Gasteiger partial charge is 0.348 e. The molecular weight excluding hydrogens is 128 g/mol. The van der Waals surface area contributed by atoms with E-state index in [1.165, 1.54) is 13.8 Å². The molecule has 0 aliphatic heterocycles. The van der Waals surface area contributed by atoms with E-state index in [9.17, 15) is 13.6 Å². The van der Waals surface area contributed by atoms with Crippen LogP contribution in [0.3, 0.4) is 0 Å². The van der Waals surface area contributed by atoms with E-state index in [4.69, 9.17) is 0 Å². The molecule has 0 radical (unpaired) electrons. The van der Waals surface area contributed by atoms with Gasteiger partial charge >= 0.3 is 0 Å². The lowest BCUT2D eigenvalue weighted by molar-refractivity contribution is -0.112. The van der Waals surface area contributed by atoms with Crippen LogP contribution in [0.5, 0.6) is 0 Å². The van der Waals surface area contributed by atoms with Crippen molar-refractivity contribution in [1.82, 2.24) is 5.32 Å². The van der Waals surface area contributed by atoms with Gasteiger partial charge in [-0.05, 0) is 13.8 Å². The first-order valence-electron chi connectivity index (χ1n) is 2.50. The molecular formula is C5H9F2NO. The molecule has 0 aromatic carbocycles. The molecule has 0 saturated carbocycles. The van der Waals surface area contributed by atoms with Crippen LogP contribution in [-0.4, -0.2) is 18.4 Å². The zero-order valence-electron chi connectivity index (χ0n) is 5.32. The molecule has 0 rings (SSSR count). The maximum absolute atomic E-state index is 11.8. The van der Waals surface area contributed by atoms with E-state index in [1.54, 1.807) is 0 Å². The highest BCUT2D eigenvalue weighted by molar-refractivity contribution is 5.47. The molecule has 0 atom stereocenters. The molecule has 9 heavy (non-hydrogen) atoms. The van der Waals surface area contributed by atoms with Crippen molar-refractivity contribution >= 4 is 6.41 Å². The third-order valence-corrected chi connectivity index (χ3v) is 0.976. The molecule has 2 nitrogen and oxygen atoms in total. The van der Waals surface area contributed by atoms with Crippen LogP contribution in [0.2, 0.25) is 0 Å². The van der Waals surface area contributed by atoms with Crippen molar-refractivity contribution in [2.75, 3.05) is 0 Å². The van der Waals surface area contributed by atoms with E-state index in [0.29, 0.717) is 0 Å². The quantitative estimate of drug-likeness (QED) is 0.572. The zero-order chi connectivity index (χ0) is 7.49. The normalized spacial score (nSPS) is 11.7. The van der Waals surface area contributed by atoms with Gasteiger partial charge in [-0.3, -0.25) is 4.79 Å². The third kappa shape index (κ3) is 2.39. The first kappa shape index (κ1) is 8.33. The smallest absolute Gasteiger partial charge is 0.260 e. The summed E-state index contributed by atoms with van der Waals surface area (Å²) in [6.45, 7) is 2.51. The fourth-order valence-electron chi connectivity index (χ4n) is 0.215. The third-order valence-electron chi connectivity index (χ3n) is 0.976. The summed E-state index contributed by atoms with van der Waals surface area (Å²) >= 11 is 0. The summed E-state index contributed by atoms with van der Waals surface area (Å²) in [5.41, 5.74) is -1.40. The van der Waals surface area contributed by atoms with E-state index in [-0.39, 0.29) is 6.41 Å². The molecule has 0 aromatic rings. The fraction of sp³-hybridized carbons (Fsp3) is 0.800. The molecule has 0 saturated heterocycles. The van der Waals surface area contributed by atoms with Gasteiger partial charge in [-0.2, -0.15) is 0 Å². The van der Waals surface area contributed by atoms with Crippen molar-refractivity contribution in [1.29, 1.82) is 0 Å². The van der Waals surface area contributed by atoms with Gasteiger partial charge in [0.05, 0.1) is 5.54 Å². The number of hydrogen-bond acceptors (Lipinski definition) is 1. The molecule has 0 spiro atoms. The van der Waals surface area contributed by atoms with Crippen molar-refractivity contribution in [3.8, 4) is 0 Å². The monoisotopic (exact) mass is 137 g/mol. The van der Waals surface area contributed by atoms with Crippen LogP contribution in [0.4, 0.5) is 8.78 Å². The van der Waals surface area contributed by atoms with E-state index in [2.05, 4.69) is 0 Å². The summed E-state index contributed by atoms with van der Waals surface area (Å²) < 4.78 is 23.6. The van der Waals surface area contributed by atoms with Gasteiger partial charge in [0.1, 0.15) is 0 Å². The number of rotatable bonds is 3. The van der Waals surface area contributed by atoms with Crippen molar-refractivity contribution in [3.05, 3.63) is 0 Å². The Kier molecular flexibility index (Phi) is 2.55. The first-order valence-corrected chi connectivity index (χ1v) is 2.50. The van der Waals surface area contributed by atoms with Gasteiger partial charge in [-0.1, -0.05) is 0 Å². The summed E-state index contributed by atoms with van der Waals surface area (Å²) in [5, 5.41) is 1.99. The number of hydrogen-bond donors (Lipinski definition) is 1. The molecule has 0 aliphatic rings. The maximum atomic E-state index is 11.8. The molecule has 4 heteroatoms. The Morgan fingerprint density at radius 2 is 2.00 bits per heavy atom. The van der Waals surface area contributed by atoms with Crippen molar-refractivity contribution in [3.63, 3.8) is 0 Å². The Bertz CT molecular complexity index is 103. The van der Waals surface area contributed by atoms with E-state index < -0.39 is 12.0 Å². The highest BCUT2D eigenvalue weighted by Crippen LogP contribution is 2.12. The number of alkyl halides is 2. The second-order valence-corrected chi connectivity index (χ2v) is 2.28. The number of carbonyl (C=O) groups is 1. The number of carbonyl (C=O) groups excluding carboxylic acids is 1. The molecule has 0 unspecified atom stereocenters. The predicted octanol–water partition coefficient (Wildman–Crippen LogP) is 0.776. The minimum absolute atomic E-state index is 0.270. The number of amides is 1. The van der Waals surface area contributed by atoms with E-state index in [0.717, 1.165) is 0 Å². The Labute approximate surface area is 52.2 Å². The number of nitrogens with one attached hydrogen (secondary N) is 1. The molecule has 0 aliphatic carbocycles. The van der Waals surface area contributed by atoms with Crippen molar-refractivity contribution in [2.45, 2.75) is 25.8 Å². The standard InChI is InChI=1S/C5H9F2NO/c1-5(2,4(6)7)8-3-9/h3-4H,1-2H3,(H,8,9). The molecule has 0 bridgehead atoms. The van der Waals surface area contributed by atoms with Crippen LogP contribution < -0.4 is 5.32 Å².